The first-order chi connectivity index (χ1) is 11.9. The van der Waals surface area contributed by atoms with Crippen molar-refractivity contribution in [2.24, 2.45) is 10.4 Å². The van der Waals surface area contributed by atoms with Crippen molar-refractivity contribution in [1.29, 1.82) is 0 Å². The molecule has 2 N–H and O–H groups in total. The van der Waals surface area contributed by atoms with Crippen LogP contribution >= 0.6 is 0 Å². The molecule has 0 aliphatic heterocycles. The maximum absolute atomic E-state index is 12.0. The number of alkyl halides is 3. The molecule has 0 aromatic carbocycles. The Balaban J connectivity index is 2.23. The molecular formula is C17H32F3N3O2. The largest absolute Gasteiger partial charge is 0.411 e. The molecule has 0 saturated heterocycles. The highest BCUT2D eigenvalue weighted by Crippen LogP contribution is 2.40. The third-order valence-electron chi connectivity index (χ3n) is 4.52. The second-order valence-electron chi connectivity index (χ2n) is 6.53. The lowest BCUT2D eigenvalue weighted by Crippen LogP contribution is -2.43. The maximum Gasteiger partial charge on any atom is 0.411 e. The van der Waals surface area contributed by atoms with Crippen molar-refractivity contribution in [3.63, 3.8) is 0 Å². The van der Waals surface area contributed by atoms with Crippen LogP contribution in [0.2, 0.25) is 0 Å². The number of hydrogen-bond acceptors (Lipinski definition) is 3. The highest BCUT2D eigenvalue weighted by atomic mass is 19.4. The van der Waals surface area contributed by atoms with Gasteiger partial charge in [0.25, 0.3) is 0 Å². The fraction of sp³-hybridized carbons (Fsp3) is 0.941. The lowest BCUT2D eigenvalue weighted by atomic mass is 9.83. The summed E-state index contributed by atoms with van der Waals surface area (Å²) in [5.41, 5.74) is 0.253. The number of aliphatic imine (C=N–C) groups is 1. The summed E-state index contributed by atoms with van der Waals surface area (Å²) in [5.74, 6) is 0.679. The van der Waals surface area contributed by atoms with E-state index in [0.29, 0.717) is 18.9 Å². The van der Waals surface area contributed by atoms with Crippen molar-refractivity contribution in [3.8, 4) is 0 Å². The van der Waals surface area contributed by atoms with Crippen molar-refractivity contribution >= 4 is 5.96 Å². The molecule has 0 radical (unpaired) electrons. The van der Waals surface area contributed by atoms with Crippen molar-refractivity contribution in [3.05, 3.63) is 0 Å². The fourth-order valence-electron chi connectivity index (χ4n) is 3.13. The van der Waals surface area contributed by atoms with Gasteiger partial charge < -0.3 is 20.1 Å². The van der Waals surface area contributed by atoms with Crippen LogP contribution < -0.4 is 10.6 Å². The highest BCUT2D eigenvalue weighted by molar-refractivity contribution is 5.79. The molecule has 0 atom stereocenters. The second kappa shape index (κ2) is 11.6. The third-order valence-corrected chi connectivity index (χ3v) is 4.52. The van der Waals surface area contributed by atoms with Gasteiger partial charge in [0.2, 0.25) is 0 Å². The van der Waals surface area contributed by atoms with E-state index in [1.165, 1.54) is 25.7 Å². The smallest absolute Gasteiger partial charge is 0.382 e. The number of nitrogens with one attached hydrogen (secondary N) is 2. The van der Waals surface area contributed by atoms with Gasteiger partial charge in [0, 0.05) is 40.0 Å². The summed E-state index contributed by atoms with van der Waals surface area (Å²) in [7, 11) is 1.69. The van der Waals surface area contributed by atoms with Gasteiger partial charge in [0.05, 0.1) is 0 Å². The predicted molar refractivity (Wildman–Crippen MR) is 92.9 cm³/mol. The van der Waals surface area contributed by atoms with E-state index in [0.717, 1.165) is 26.2 Å². The lowest BCUT2D eigenvalue weighted by Gasteiger charge is -2.30. The van der Waals surface area contributed by atoms with Gasteiger partial charge in [-0.05, 0) is 38.0 Å². The zero-order valence-corrected chi connectivity index (χ0v) is 15.4. The number of ether oxygens (including phenoxy) is 2. The van der Waals surface area contributed by atoms with Crippen LogP contribution in [0.4, 0.5) is 13.2 Å². The van der Waals surface area contributed by atoms with Crippen molar-refractivity contribution in [2.75, 3.05) is 46.6 Å². The Morgan fingerprint density at radius 2 is 1.84 bits per heavy atom. The molecule has 1 aliphatic rings. The Morgan fingerprint density at radius 3 is 2.44 bits per heavy atom. The Labute approximate surface area is 148 Å². The fourth-order valence-corrected chi connectivity index (χ4v) is 3.13. The van der Waals surface area contributed by atoms with Gasteiger partial charge in [-0.2, -0.15) is 13.2 Å². The normalized spacial score (nSPS) is 17.7. The van der Waals surface area contributed by atoms with Gasteiger partial charge in [-0.3, -0.25) is 4.99 Å². The molecule has 0 aromatic rings. The molecule has 1 aliphatic carbocycles. The zero-order valence-electron chi connectivity index (χ0n) is 15.4. The minimum Gasteiger partial charge on any atom is -0.382 e. The topological polar surface area (TPSA) is 54.9 Å². The highest BCUT2D eigenvalue weighted by Gasteiger charge is 2.33. The monoisotopic (exact) mass is 367 g/mol. The third kappa shape index (κ3) is 9.89. The molecule has 0 unspecified atom stereocenters. The van der Waals surface area contributed by atoms with Crippen LogP contribution in [0, 0.1) is 5.41 Å². The Morgan fingerprint density at radius 1 is 1.12 bits per heavy atom. The number of halogens is 3. The Hall–Kier alpha value is -1.02. The van der Waals surface area contributed by atoms with Gasteiger partial charge in [-0.1, -0.05) is 12.8 Å². The number of hydrogen-bond donors (Lipinski definition) is 2. The molecule has 8 heteroatoms. The molecule has 0 aromatic heterocycles. The number of guanidine groups is 1. The summed E-state index contributed by atoms with van der Waals surface area (Å²) >= 11 is 0. The summed E-state index contributed by atoms with van der Waals surface area (Å²) in [6.45, 7) is 3.76. The summed E-state index contributed by atoms with van der Waals surface area (Å²) in [6, 6.07) is 0. The molecule has 148 valence electrons. The van der Waals surface area contributed by atoms with Crippen LogP contribution in [0.15, 0.2) is 4.99 Å². The molecule has 1 rings (SSSR count). The molecule has 0 bridgehead atoms. The molecule has 0 heterocycles. The number of nitrogens with zero attached hydrogens (tertiary/aromatic N) is 1. The van der Waals surface area contributed by atoms with Crippen LogP contribution in [-0.2, 0) is 9.47 Å². The molecule has 1 saturated carbocycles. The molecule has 25 heavy (non-hydrogen) atoms. The van der Waals surface area contributed by atoms with E-state index in [-0.39, 0.29) is 12.0 Å². The summed E-state index contributed by atoms with van der Waals surface area (Å²) in [6.07, 6.45) is 2.14. The van der Waals surface area contributed by atoms with Crippen molar-refractivity contribution in [2.45, 2.75) is 51.6 Å². The first-order valence-corrected chi connectivity index (χ1v) is 9.07. The standard InChI is InChI=1S/C17H32F3N3O2/c1-3-24-12-9-16(7-4-5-8-16)13-23-15(21-2)22-10-6-11-25-14-17(18,19)20/h3-14H2,1-2H3,(H2,21,22,23). The maximum atomic E-state index is 12.0. The van der Waals surface area contributed by atoms with E-state index in [1.807, 2.05) is 6.92 Å². The Bertz CT molecular complexity index is 384. The van der Waals surface area contributed by atoms with Gasteiger partial charge in [0.1, 0.15) is 6.61 Å². The van der Waals surface area contributed by atoms with Crippen molar-refractivity contribution in [1.82, 2.24) is 10.6 Å². The van der Waals surface area contributed by atoms with Crippen LogP contribution in [0.1, 0.15) is 45.4 Å². The van der Waals surface area contributed by atoms with E-state index in [2.05, 4.69) is 20.4 Å². The zero-order chi connectivity index (χ0) is 18.6. The van der Waals surface area contributed by atoms with E-state index in [4.69, 9.17) is 4.74 Å². The van der Waals surface area contributed by atoms with Crippen LogP contribution in [-0.4, -0.2) is 58.7 Å². The minimum absolute atomic E-state index is 0.0712. The second-order valence-corrected chi connectivity index (χ2v) is 6.53. The van der Waals surface area contributed by atoms with Crippen LogP contribution in [0.5, 0.6) is 0 Å². The minimum atomic E-state index is -4.26. The quantitative estimate of drug-likeness (QED) is 0.335. The first kappa shape index (κ1) is 22.0. The summed E-state index contributed by atoms with van der Waals surface area (Å²) in [5, 5.41) is 6.48. The molecule has 0 amide bonds. The molecule has 5 nitrogen and oxygen atoms in total. The van der Waals surface area contributed by atoms with E-state index < -0.39 is 12.8 Å². The average Bonchev–Trinajstić information content (AvgIpc) is 3.02. The first-order valence-electron chi connectivity index (χ1n) is 9.07. The van der Waals surface area contributed by atoms with E-state index >= 15 is 0 Å². The van der Waals surface area contributed by atoms with Crippen molar-refractivity contribution < 1.29 is 22.6 Å². The van der Waals surface area contributed by atoms with Crippen LogP contribution in [0.25, 0.3) is 0 Å². The lowest BCUT2D eigenvalue weighted by molar-refractivity contribution is -0.173. The molecule has 1 fully saturated rings. The summed E-state index contributed by atoms with van der Waals surface area (Å²) < 4.78 is 46.0. The van der Waals surface area contributed by atoms with Gasteiger partial charge in [-0.25, -0.2) is 0 Å². The van der Waals surface area contributed by atoms with Crippen LogP contribution in [0.3, 0.4) is 0 Å². The summed E-state index contributed by atoms with van der Waals surface area (Å²) in [4.78, 5) is 4.18. The van der Waals surface area contributed by atoms with Gasteiger partial charge >= 0.3 is 6.18 Å². The molecule has 0 spiro atoms. The number of rotatable bonds is 11. The van der Waals surface area contributed by atoms with Gasteiger partial charge in [-0.15, -0.1) is 0 Å². The Kier molecular flexibility index (Phi) is 10.2. The predicted octanol–water partition coefficient (Wildman–Crippen LogP) is 3.11. The van der Waals surface area contributed by atoms with E-state index in [1.54, 1.807) is 7.05 Å². The molecular weight excluding hydrogens is 335 g/mol. The SMILES string of the molecule is CCOCCC1(CNC(=NC)NCCCOCC(F)(F)F)CCCC1. The van der Waals surface area contributed by atoms with E-state index in [9.17, 15) is 13.2 Å². The average molecular weight is 367 g/mol. The van der Waals surface area contributed by atoms with Gasteiger partial charge in [0.15, 0.2) is 5.96 Å².